The van der Waals surface area contributed by atoms with E-state index in [1.807, 2.05) is 0 Å². The Balaban J connectivity index is 1.27. The van der Waals surface area contributed by atoms with Gasteiger partial charge in [-0.2, -0.15) is 0 Å². The van der Waals surface area contributed by atoms with E-state index in [2.05, 4.69) is 58.8 Å². The van der Waals surface area contributed by atoms with Crippen LogP contribution in [0.5, 0.6) is 0 Å². The Morgan fingerprint density at radius 3 is 2.00 bits per heavy atom. The van der Waals surface area contributed by atoms with Crippen LogP contribution in [0, 0.1) is 56.7 Å². The summed E-state index contributed by atoms with van der Waals surface area (Å²) < 4.78 is 0. The van der Waals surface area contributed by atoms with E-state index in [9.17, 15) is 14.7 Å². The minimum atomic E-state index is -0.237. The van der Waals surface area contributed by atoms with Crippen LogP contribution in [0.25, 0.3) is 0 Å². The van der Waals surface area contributed by atoms with Crippen molar-refractivity contribution in [3.8, 4) is 0 Å². The van der Waals surface area contributed by atoms with E-state index in [0.29, 0.717) is 35.5 Å². The van der Waals surface area contributed by atoms with Gasteiger partial charge in [0.25, 0.3) is 0 Å². The van der Waals surface area contributed by atoms with Crippen molar-refractivity contribution in [2.75, 3.05) is 13.1 Å². The van der Waals surface area contributed by atoms with Gasteiger partial charge in [-0.1, -0.05) is 72.5 Å². The molecule has 256 valence electrons. The SMILES string of the molecule is C=C(C)[C@@H]1CC[C@]2(C(=O)NCCCCCCCCNC(C)=O)CC[C@]3(C)[C@H](CC[C@@H]4[C@@]5(C)CC[C@H](O)C(C)(C)[C@@H]5CC[C@]43C)[C@@H]12. The largest absolute Gasteiger partial charge is 0.393 e. The number of carbonyl (C=O) groups is 2. The molecule has 0 aromatic heterocycles. The molecule has 5 fully saturated rings. The van der Waals surface area contributed by atoms with Crippen LogP contribution >= 0.6 is 0 Å². The average molecular weight is 625 g/mol. The van der Waals surface area contributed by atoms with E-state index < -0.39 is 0 Å². The second kappa shape index (κ2) is 12.9. The number of amides is 2. The lowest BCUT2D eigenvalue weighted by atomic mass is 9.32. The van der Waals surface area contributed by atoms with Crippen LogP contribution in [0.15, 0.2) is 12.2 Å². The van der Waals surface area contributed by atoms with Gasteiger partial charge in [0.1, 0.15) is 0 Å². The van der Waals surface area contributed by atoms with Gasteiger partial charge in [0.05, 0.1) is 11.5 Å². The average Bonchev–Trinajstić information content (AvgIpc) is 3.38. The lowest BCUT2D eigenvalue weighted by Crippen LogP contribution is -2.67. The smallest absolute Gasteiger partial charge is 0.226 e. The number of carbonyl (C=O) groups excluding carboxylic acids is 2. The summed E-state index contributed by atoms with van der Waals surface area (Å²) in [6.45, 7) is 22.5. The summed E-state index contributed by atoms with van der Waals surface area (Å²) >= 11 is 0. The first kappa shape index (κ1) is 35.0. The number of nitrogens with one attached hydrogen (secondary N) is 2. The Morgan fingerprint density at radius 2 is 1.36 bits per heavy atom. The number of rotatable bonds is 11. The second-order valence-electron chi connectivity index (χ2n) is 18.1. The molecule has 0 saturated heterocycles. The molecular formula is C40H68N2O3. The number of aliphatic hydroxyl groups is 1. The van der Waals surface area contributed by atoms with Crippen molar-refractivity contribution >= 4 is 11.8 Å². The molecule has 3 N–H and O–H groups in total. The molecule has 0 aromatic carbocycles. The zero-order valence-corrected chi connectivity index (χ0v) is 30.2. The highest BCUT2D eigenvalue weighted by atomic mass is 16.3. The minimum absolute atomic E-state index is 0.0177. The van der Waals surface area contributed by atoms with E-state index in [4.69, 9.17) is 0 Å². The maximum absolute atomic E-state index is 14.3. The highest BCUT2D eigenvalue weighted by Gasteiger charge is 2.71. The first-order chi connectivity index (χ1) is 21.1. The molecule has 10 atom stereocenters. The van der Waals surface area contributed by atoms with E-state index in [1.165, 1.54) is 50.5 Å². The molecule has 0 heterocycles. The van der Waals surface area contributed by atoms with Crippen LogP contribution in [-0.2, 0) is 9.59 Å². The Kier molecular flexibility index (Phi) is 10.0. The molecule has 0 radical (unpaired) electrons. The maximum Gasteiger partial charge on any atom is 0.226 e. The first-order valence-corrected chi connectivity index (χ1v) is 19.0. The highest BCUT2D eigenvalue weighted by Crippen LogP contribution is 2.77. The van der Waals surface area contributed by atoms with Gasteiger partial charge in [-0.25, -0.2) is 0 Å². The summed E-state index contributed by atoms with van der Waals surface area (Å²) in [7, 11) is 0. The minimum Gasteiger partial charge on any atom is -0.393 e. The fourth-order valence-corrected chi connectivity index (χ4v) is 13.1. The van der Waals surface area contributed by atoms with Gasteiger partial charge in [-0.05, 0) is 135 Å². The lowest BCUT2D eigenvalue weighted by molar-refractivity contribution is -0.246. The van der Waals surface area contributed by atoms with Gasteiger partial charge in [-0.3, -0.25) is 9.59 Å². The summed E-state index contributed by atoms with van der Waals surface area (Å²) in [6.07, 6.45) is 18.0. The molecule has 0 bridgehead atoms. The molecule has 5 saturated carbocycles. The van der Waals surface area contributed by atoms with Crippen LogP contribution < -0.4 is 10.6 Å². The second-order valence-corrected chi connectivity index (χ2v) is 18.1. The summed E-state index contributed by atoms with van der Waals surface area (Å²) in [5, 5.41) is 17.4. The Bertz CT molecular complexity index is 1120. The monoisotopic (exact) mass is 625 g/mol. The number of hydrogen-bond donors (Lipinski definition) is 3. The van der Waals surface area contributed by atoms with E-state index in [0.717, 1.165) is 70.9 Å². The van der Waals surface area contributed by atoms with Crippen LogP contribution in [0.3, 0.4) is 0 Å². The van der Waals surface area contributed by atoms with Crippen molar-refractivity contribution in [1.82, 2.24) is 10.6 Å². The van der Waals surface area contributed by atoms with Crippen molar-refractivity contribution in [2.45, 2.75) is 157 Å². The number of unbranched alkanes of at least 4 members (excludes halogenated alkanes) is 5. The van der Waals surface area contributed by atoms with E-state index in [-0.39, 0.29) is 39.1 Å². The molecule has 5 heteroatoms. The molecule has 2 amide bonds. The Hall–Kier alpha value is -1.36. The third-order valence-corrected chi connectivity index (χ3v) is 15.8. The zero-order valence-electron chi connectivity index (χ0n) is 30.2. The van der Waals surface area contributed by atoms with Gasteiger partial charge < -0.3 is 15.7 Å². The molecule has 0 aromatic rings. The fourth-order valence-electron chi connectivity index (χ4n) is 13.1. The molecule has 0 unspecified atom stereocenters. The number of aliphatic hydroxyl groups excluding tert-OH is 1. The molecule has 0 aliphatic heterocycles. The summed E-state index contributed by atoms with van der Waals surface area (Å²) in [5.41, 5.74) is 1.82. The Morgan fingerprint density at radius 1 is 0.711 bits per heavy atom. The van der Waals surface area contributed by atoms with Gasteiger partial charge in [0, 0.05) is 20.0 Å². The number of allylic oxidation sites excluding steroid dienone is 1. The van der Waals surface area contributed by atoms with E-state index >= 15 is 0 Å². The van der Waals surface area contributed by atoms with Gasteiger partial charge in [0.15, 0.2) is 0 Å². The highest BCUT2D eigenvalue weighted by molar-refractivity contribution is 5.84. The fraction of sp³-hybridized carbons (Fsp3) is 0.900. The number of hydrogen-bond acceptors (Lipinski definition) is 3. The summed E-state index contributed by atoms with van der Waals surface area (Å²) in [6, 6.07) is 0. The standard InChI is InChI=1S/C40H68N2O3/c1-27(2)29-17-22-40(35(45)42-26-14-12-10-9-11-13-25-41-28(3)43)24-23-38(7)30(34(29)40)15-16-32-37(6)20-19-33(44)36(4,5)31(37)18-21-39(32,38)8/h29-34,44H,1,9-26H2,2-8H3,(H,41,43)(H,42,45)/t29-,30+,31-,32+,33-,34+,37-,38+,39+,40-/m0/s1. The predicted octanol–water partition coefficient (Wildman–Crippen LogP) is 8.60. The van der Waals surface area contributed by atoms with Crippen LogP contribution in [0.4, 0.5) is 0 Å². The van der Waals surface area contributed by atoms with Crippen molar-refractivity contribution in [2.24, 2.45) is 56.7 Å². The molecule has 5 aliphatic rings. The van der Waals surface area contributed by atoms with Crippen LogP contribution in [0.1, 0.15) is 151 Å². The quantitative estimate of drug-likeness (QED) is 0.159. The van der Waals surface area contributed by atoms with Crippen LogP contribution in [-0.4, -0.2) is 36.1 Å². The molecule has 45 heavy (non-hydrogen) atoms. The van der Waals surface area contributed by atoms with Gasteiger partial charge in [0.2, 0.25) is 11.8 Å². The molecule has 0 spiro atoms. The first-order valence-electron chi connectivity index (χ1n) is 19.0. The molecule has 5 rings (SSSR count). The van der Waals surface area contributed by atoms with Crippen molar-refractivity contribution in [3.63, 3.8) is 0 Å². The zero-order chi connectivity index (χ0) is 32.8. The number of fused-ring (bicyclic) bond motifs is 7. The van der Waals surface area contributed by atoms with Gasteiger partial charge >= 0.3 is 0 Å². The lowest BCUT2D eigenvalue weighted by Gasteiger charge is -2.72. The molecular weight excluding hydrogens is 556 g/mol. The van der Waals surface area contributed by atoms with Gasteiger partial charge in [-0.15, -0.1) is 0 Å². The maximum atomic E-state index is 14.3. The summed E-state index contributed by atoms with van der Waals surface area (Å²) in [4.78, 5) is 25.3. The van der Waals surface area contributed by atoms with Crippen LogP contribution in [0.2, 0.25) is 0 Å². The summed E-state index contributed by atoms with van der Waals surface area (Å²) in [5.74, 6) is 3.10. The topological polar surface area (TPSA) is 78.4 Å². The molecule has 5 nitrogen and oxygen atoms in total. The van der Waals surface area contributed by atoms with E-state index in [1.54, 1.807) is 6.92 Å². The van der Waals surface area contributed by atoms with Crippen molar-refractivity contribution in [1.29, 1.82) is 0 Å². The third-order valence-electron chi connectivity index (χ3n) is 15.8. The normalized spacial score (nSPS) is 43.3. The van der Waals surface area contributed by atoms with Crippen molar-refractivity contribution < 1.29 is 14.7 Å². The van der Waals surface area contributed by atoms with Crippen molar-refractivity contribution in [3.05, 3.63) is 12.2 Å². The Labute approximate surface area is 275 Å². The predicted molar refractivity (Wildman–Crippen MR) is 184 cm³/mol. The molecule has 5 aliphatic carbocycles. The third kappa shape index (κ3) is 5.75.